The lowest BCUT2D eigenvalue weighted by atomic mass is 10.1. The summed E-state index contributed by atoms with van der Waals surface area (Å²) in [6.45, 7) is 6.29. The molecule has 2 rings (SSSR count). The van der Waals surface area contributed by atoms with E-state index in [4.69, 9.17) is 9.47 Å². The summed E-state index contributed by atoms with van der Waals surface area (Å²) >= 11 is 0. The smallest absolute Gasteiger partial charge is 0.277 e. The molecule has 0 heterocycles. The van der Waals surface area contributed by atoms with Crippen molar-refractivity contribution in [2.24, 2.45) is 5.92 Å². The number of rotatable bonds is 9. The molecular formula is C20H23N3O7. The van der Waals surface area contributed by atoms with E-state index in [0.29, 0.717) is 29.6 Å². The molecule has 0 saturated carbocycles. The molecule has 1 amide bonds. The number of hydrogen-bond acceptors (Lipinski definition) is 7. The van der Waals surface area contributed by atoms with Crippen LogP contribution < -0.4 is 14.8 Å². The highest BCUT2D eigenvalue weighted by atomic mass is 16.6. The minimum absolute atomic E-state index is 0.174. The molecule has 160 valence electrons. The summed E-state index contributed by atoms with van der Waals surface area (Å²) in [5.74, 6) is 0.739. The van der Waals surface area contributed by atoms with Crippen LogP contribution in [0.2, 0.25) is 0 Å². The van der Waals surface area contributed by atoms with Crippen molar-refractivity contribution in [2.45, 2.75) is 26.8 Å². The fourth-order valence-corrected chi connectivity index (χ4v) is 2.63. The Labute approximate surface area is 173 Å². The number of nitrogens with zero attached hydrogens (tertiary/aromatic N) is 2. The van der Waals surface area contributed by atoms with Gasteiger partial charge in [0.15, 0.2) is 11.5 Å². The molecule has 0 radical (unpaired) electrons. The van der Waals surface area contributed by atoms with Crippen molar-refractivity contribution in [2.75, 3.05) is 13.7 Å². The number of ether oxygens (including phenoxy) is 2. The van der Waals surface area contributed by atoms with E-state index in [-0.39, 0.29) is 5.56 Å². The lowest BCUT2D eigenvalue weighted by Gasteiger charge is -2.18. The van der Waals surface area contributed by atoms with E-state index < -0.39 is 33.2 Å². The van der Waals surface area contributed by atoms with E-state index in [0.717, 1.165) is 18.2 Å². The van der Waals surface area contributed by atoms with Crippen LogP contribution in [0.5, 0.6) is 11.5 Å². The van der Waals surface area contributed by atoms with Crippen LogP contribution in [0.15, 0.2) is 36.4 Å². The molecule has 1 N–H and O–H groups in total. The Morgan fingerprint density at radius 2 is 1.60 bits per heavy atom. The highest BCUT2D eigenvalue weighted by molar-refractivity contribution is 5.95. The maximum absolute atomic E-state index is 12.6. The predicted octanol–water partition coefficient (Wildman–Crippen LogP) is 4.04. The summed E-state index contributed by atoms with van der Waals surface area (Å²) < 4.78 is 11.1. The lowest BCUT2D eigenvalue weighted by molar-refractivity contribution is -0.394. The number of carbonyl (C=O) groups is 1. The second kappa shape index (κ2) is 9.68. The third kappa shape index (κ3) is 5.66. The minimum Gasteiger partial charge on any atom is -0.493 e. The molecule has 0 aromatic heterocycles. The second-order valence-electron chi connectivity index (χ2n) is 7.06. The summed E-state index contributed by atoms with van der Waals surface area (Å²) in [5.41, 5.74) is -0.533. The van der Waals surface area contributed by atoms with Gasteiger partial charge >= 0.3 is 0 Å². The van der Waals surface area contributed by atoms with Gasteiger partial charge in [0.25, 0.3) is 17.3 Å². The Balaban J connectivity index is 2.23. The number of methoxy groups -OCH3 is 1. The van der Waals surface area contributed by atoms with Crippen LogP contribution in [0.3, 0.4) is 0 Å². The summed E-state index contributed by atoms with van der Waals surface area (Å²) in [5, 5.41) is 24.7. The molecule has 0 fully saturated rings. The quantitative estimate of drug-likeness (QED) is 0.481. The minimum atomic E-state index is -0.784. The molecule has 0 spiro atoms. The molecule has 10 nitrogen and oxygen atoms in total. The van der Waals surface area contributed by atoms with E-state index in [9.17, 15) is 25.0 Å². The van der Waals surface area contributed by atoms with Crippen LogP contribution in [0.25, 0.3) is 0 Å². The van der Waals surface area contributed by atoms with Gasteiger partial charge in [-0.05, 0) is 30.5 Å². The van der Waals surface area contributed by atoms with E-state index in [2.05, 4.69) is 5.32 Å². The fourth-order valence-electron chi connectivity index (χ4n) is 2.63. The predicted molar refractivity (Wildman–Crippen MR) is 109 cm³/mol. The highest BCUT2D eigenvalue weighted by Gasteiger charge is 2.21. The van der Waals surface area contributed by atoms with E-state index in [1.54, 1.807) is 25.1 Å². The van der Waals surface area contributed by atoms with Crippen LogP contribution in [-0.2, 0) is 0 Å². The Bertz CT molecular complexity index is 927. The number of amides is 1. The number of nitro benzene ring substituents is 2. The zero-order valence-corrected chi connectivity index (χ0v) is 17.1. The van der Waals surface area contributed by atoms with E-state index in [1.807, 2.05) is 13.8 Å². The Morgan fingerprint density at radius 1 is 1.00 bits per heavy atom. The number of benzene rings is 2. The monoisotopic (exact) mass is 417 g/mol. The Hall–Kier alpha value is -3.69. The van der Waals surface area contributed by atoms with E-state index >= 15 is 0 Å². The number of non-ortho nitro benzene ring substituents is 2. The molecule has 0 saturated heterocycles. The Morgan fingerprint density at radius 3 is 2.10 bits per heavy atom. The first kappa shape index (κ1) is 22.6. The molecule has 2 aromatic rings. The average Bonchev–Trinajstić information content (AvgIpc) is 2.71. The zero-order valence-electron chi connectivity index (χ0n) is 17.1. The van der Waals surface area contributed by atoms with Crippen LogP contribution >= 0.6 is 0 Å². The van der Waals surface area contributed by atoms with Crippen LogP contribution in [0.1, 0.15) is 42.7 Å². The number of nitro groups is 2. The maximum atomic E-state index is 12.6. The molecule has 0 aliphatic carbocycles. The summed E-state index contributed by atoms with van der Waals surface area (Å²) in [7, 11) is 1.51. The average molecular weight is 417 g/mol. The number of hydrogen-bond donors (Lipinski definition) is 1. The molecule has 1 unspecified atom stereocenters. The first-order chi connectivity index (χ1) is 14.1. The largest absolute Gasteiger partial charge is 0.493 e. The van der Waals surface area contributed by atoms with Gasteiger partial charge < -0.3 is 14.8 Å². The fraction of sp³-hybridized carbons (Fsp3) is 0.350. The number of nitrogens with one attached hydrogen (secondary N) is 1. The van der Waals surface area contributed by atoms with Crippen molar-refractivity contribution in [1.29, 1.82) is 0 Å². The third-order valence-corrected chi connectivity index (χ3v) is 4.19. The zero-order chi connectivity index (χ0) is 22.4. The summed E-state index contributed by atoms with van der Waals surface area (Å²) in [4.78, 5) is 33.0. The molecular weight excluding hydrogens is 394 g/mol. The lowest BCUT2D eigenvalue weighted by Crippen LogP contribution is -2.26. The molecule has 10 heteroatoms. The second-order valence-corrected chi connectivity index (χ2v) is 7.06. The van der Waals surface area contributed by atoms with Gasteiger partial charge in [0.05, 0.1) is 41.2 Å². The highest BCUT2D eigenvalue weighted by Crippen LogP contribution is 2.31. The van der Waals surface area contributed by atoms with Gasteiger partial charge in [-0.2, -0.15) is 0 Å². The number of carbonyl (C=O) groups excluding carboxylic acids is 1. The van der Waals surface area contributed by atoms with Crippen LogP contribution in [0, 0.1) is 26.1 Å². The first-order valence-corrected chi connectivity index (χ1v) is 9.17. The van der Waals surface area contributed by atoms with Gasteiger partial charge in [-0.25, -0.2) is 0 Å². The SMILES string of the molecule is COc1cc(C(C)NC(=O)c2cc([N+](=O)[O-])cc([N+](=O)[O-])c2)ccc1OCC(C)C. The summed E-state index contributed by atoms with van der Waals surface area (Å²) in [6, 6.07) is 7.52. The van der Waals surface area contributed by atoms with Crippen molar-refractivity contribution in [3.63, 3.8) is 0 Å². The van der Waals surface area contributed by atoms with Crippen molar-refractivity contribution in [3.05, 3.63) is 67.8 Å². The molecule has 1 atom stereocenters. The molecule has 0 aliphatic rings. The Kier molecular flexibility index (Phi) is 7.29. The van der Waals surface area contributed by atoms with Gasteiger partial charge in [0.1, 0.15) is 0 Å². The molecule has 2 aromatic carbocycles. The third-order valence-electron chi connectivity index (χ3n) is 4.19. The van der Waals surface area contributed by atoms with Crippen molar-refractivity contribution in [1.82, 2.24) is 5.32 Å². The van der Waals surface area contributed by atoms with Gasteiger partial charge in [-0.3, -0.25) is 25.0 Å². The van der Waals surface area contributed by atoms with E-state index in [1.165, 1.54) is 7.11 Å². The first-order valence-electron chi connectivity index (χ1n) is 9.17. The van der Waals surface area contributed by atoms with Crippen molar-refractivity contribution < 1.29 is 24.1 Å². The standard InChI is InChI=1S/C20H23N3O7/c1-12(2)11-30-18-6-5-14(9-19(18)29-4)13(3)21-20(24)15-7-16(22(25)26)10-17(8-15)23(27)28/h5-10,12-13H,11H2,1-4H3,(H,21,24). The normalized spacial score (nSPS) is 11.6. The van der Waals surface area contributed by atoms with Crippen LogP contribution in [0.4, 0.5) is 11.4 Å². The van der Waals surface area contributed by atoms with Gasteiger partial charge in [0.2, 0.25) is 0 Å². The van der Waals surface area contributed by atoms with Gasteiger partial charge in [-0.1, -0.05) is 19.9 Å². The summed E-state index contributed by atoms with van der Waals surface area (Å²) in [6.07, 6.45) is 0. The molecule has 0 aliphatic heterocycles. The maximum Gasteiger partial charge on any atom is 0.277 e. The van der Waals surface area contributed by atoms with Crippen molar-refractivity contribution in [3.8, 4) is 11.5 Å². The van der Waals surface area contributed by atoms with Gasteiger partial charge in [-0.15, -0.1) is 0 Å². The molecule has 30 heavy (non-hydrogen) atoms. The topological polar surface area (TPSA) is 134 Å². The van der Waals surface area contributed by atoms with Gasteiger partial charge in [0, 0.05) is 12.1 Å². The van der Waals surface area contributed by atoms with Crippen molar-refractivity contribution >= 4 is 17.3 Å². The molecule has 0 bridgehead atoms. The van der Waals surface area contributed by atoms with Crippen LogP contribution in [-0.4, -0.2) is 29.5 Å².